The topological polar surface area (TPSA) is 130 Å². The van der Waals surface area contributed by atoms with Gasteiger partial charge in [-0.05, 0) is 57.0 Å². The van der Waals surface area contributed by atoms with Crippen LogP contribution in [0.1, 0.15) is 48.8 Å². The Balaban J connectivity index is 1.75. The van der Waals surface area contributed by atoms with E-state index >= 15 is 0 Å². The van der Waals surface area contributed by atoms with Crippen LogP contribution in [-0.2, 0) is 14.6 Å². The molecule has 2 aromatic heterocycles. The molecular formula is C25H20N2O7S. The first-order valence-electron chi connectivity index (χ1n) is 10.6. The number of methoxy groups -OCH3 is 1. The third kappa shape index (κ3) is 3.40. The van der Waals surface area contributed by atoms with E-state index in [4.69, 9.17) is 13.8 Å². The largest absolute Gasteiger partial charge is 0.465 e. The van der Waals surface area contributed by atoms with E-state index in [2.05, 4.69) is 10.3 Å². The number of sulfone groups is 1. The Morgan fingerprint density at radius 1 is 0.800 bits per heavy atom. The Labute approximate surface area is 200 Å². The first kappa shape index (κ1) is 22.7. The van der Waals surface area contributed by atoms with Crippen LogP contribution in [0.15, 0.2) is 49.2 Å². The molecule has 0 saturated carbocycles. The molecule has 0 atom stereocenters. The Morgan fingerprint density at radius 3 is 1.89 bits per heavy atom. The van der Waals surface area contributed by atoms with Crippen LogP contribution in [0.3, 0.4) is 0 Å². The molecule has 1 aliphatic heterocycles. The average molecular weight is 493 g/mol. The highest BCUT2D eigenvalue weighted by Gasteiger charge is 2.46. The van der Waals surface area contributed by atoms with E-state index in [9.17, 15) is 18.0 Å². The molecule has 10 heteroatoms. The molecule has 0 fully saturated rings. The van der Waals surface area contributed by atoms with Crippen LogP contribution in [0.4, 0.5) is 0 Å². The molecule has 0 unspecified atom stereocenters. The second-order valence-electron chi connectivity index (χ2n) is 8.40. The van der Waals surface area contributed by atoms with Gasteiger partial charge >= 0.3 is 5.97 Å². The second-order valence-corrected chi connectivity index (χ2v) is 10.3. The number of ether oxygens (including phenoxy) is 1. The van der Waals surface area contributed by atoms with Crippen LogP contribution in [0.5, 0.6) is 0 Å². The Morgan fingerprint density at radius 2 is 1.34 bits per heavy atom. The number of esters is 1. The molecule has 0 amide bonds. The van der Waals surface area contributed by atoms with Gasteiger partial charge in [-0.2, -0.15) is 0 Å². The Kier molecular flexibility index (Phi) is 5.03. The zero-order valence-electron chi connectivity index (χ0n) is 19.5. The zero-order valence-corrected chi connectivity index (χ0v) is 20.4. The van der Waals surface area contributed by atoms with Crippen molar-refractivity contribution in [3.05, 3.63) is 69.5 Å². The summed E-state index contributed by atoms with van der Waals surface area (Å²) in [6.45, 7) is 6.81. The van der Waals surface area contributed by atoms with Gasteiger partial charge in [-0.3, -0.25) is 4.79 Å². The van der Waals surface area contributed by atoms with E-state index in [0.717, 1.165) is 0 Å². The second kappa shape index (κ2) is 7.74. The monoisotopic (exact) mass is 492 g/mol. The van der Waals surface area contributed by atoms with E-state index < -0.39 is 21.6 Å². The van der Waals surface area contributed by atoms with Crippen molar-refractivity contribution in [3.8, 4) is 22.6 Å². The van der Waals surface area contributed by atoms with Crippen LogP contribution >= 0.6 is 0 Å². The van der Waals surface area contributed by atoms with Gasteiger partial charge in [0.15, 0.2) is 17.3 Å². The lowest BCUT2D eigenvalue weighted by Gasteiger charge is -2.14. The predicted octanol–water partition coefficient (Wildman–Crippen LogP) is 4.39. The highest BCUT2D eigenvalue weighted by atomic mass is 32.2. The number of hydrogen-bond donors (Lipinski definition) is 0. The number of fused-ring (bicyclic) bond motifs is 1. The minimum atomic E-state index is -3.62. The van der Waals surface area contributed by atoms with E-state index in [-0.39, 0.29) is 32.2 Å². The van der Waals surface area contributed by atoms with Crippen LogP contribution in [0.2, 0.25) is 0 Å². The summed E-state index contributed by atoms with van der Waals surface area (Å²) in [6, 6.07) is 7.68. The van der Waals surface area contributed by atoms with Crippen molar-refractivity contribution in [3.63, 3.8) is 0 Å². The van der Waals surface area contributed by atoms with Gasteiger partial charge in [-0.15, -0.1) is 0 Å². The predicted molar refractivity (Wildman–Crippen MR) is 123 cm³/mol. The molecule has 178 valence electrons. The first-order chi connectivity index (χ1) is 16.6. The Hall–Kier alpha value is -4.05. The summed E-state index contributed by atoms with van der Waals surface area (Å²) < 4.78 is 41.0. The summed E-state index contributed by atoms with van der Waals surface area (Å²) in [5.41, 5.74) is 3.49. The number of benzene rings is 2. The molecule has 4 aromatic rings. The number of carbonyl (C=O) groups is 2. The lowest BCUT2D eigenvalue weighted by atomic mass is 9.88. The molecule has 2 aromatic carbocycles. The normalized spacial score (nSPS) is 13.4. The average Bonchev–Trinajstić information content (AvgIpc) is 3.17. The number of ketones is 1. The molecule has 35 heavy (non-hydrogen) atoms. The van der Waals surface area contributed by atoms with Gasteiger partial charge < -0.3 is 13.8 Å². The lowest BCUT2D eigenvalue weighted by molar-refractivity contribution is 0.0599. The van der Waals surface area contributed by atoms with Crippen LogP contribution in [0, 0.1) is 27.7 Å². The molecule has 0 aliphatic carbocycles. The quantitative estimate of drug-likeness (QED) is 0.199. The van der Waals surface area contributed by atoms with Gasteiger partial charge in [-0.1, -0.05) is 10.3 Å². The molecule has 5 rings (SSSR count). The third-order valence-corrected chi connectivity index (χ3v) is 7.79. The van der Waals surface area contributed by atoms with Crippen molar-refractivity contribution in [2.45, 2.75) is 37.5 Å². The van der Waals surface area contributed by atoms with Gasteiger partial charge in [0, 0.05) is 34.4 Å². The summed E-state index contributed by atoms with van der Waals surface area (Å²) >= 11 is 0. The minimum Gasteiger partial charge on any atom is -0.465 e. The smallest absolute Gasteiger partial charge is 0.338 e. The lowest BCUT2D eigenvalue weighted by Crippen LogP contribution is -2.11. The van der Waals surface area contributed by atoms with Gasteiger partial charge in [0.1, 0.15) is 4.90 Å². The van der Waals surface area contributed by atoms with Crippen molar-refractivity contribution in [1.29, 1.82) is 0 Å². The van der Waals surface area contributed by atoms with Crippen LogP contribution < -0.4 is 0 Å². The number of nitrogens with zero attached hydrogens (tertiary/aromatic N) is 2. The maximum absolute atomic E-state index is 13.9. The molecule has 0 saturated heterocycles. The van der Waals surface area contributed by atoms with Crippen molar-refractivity contribution < 1.29 is 31.8 Å². The molecule has 0 spiro atoms. The molecule has 3 heterocycles. The van der Waals surface area contributed by atoms with E-state index in [0.29, 0.717) is 39.4 Å². The number of rotatable bonds is 5. The Bertz CT molecular complexity index is 1680. The molecular weight excluding hydrogens is 472 g/mol. The van der Waals surface area contributed by atoms with Gasteiger partial charge in [0.25, 0.3) is 0 Å². The first-order valence-corrected chi connectivity index (χ1v) is 12.1. The molecule has 0 N–H and O–H groups in total. The summed E-state index contributed by atoms with van der Waals surface area (Å²) in [4.78, 5) is 26.5. The fourth-order valence-electron chi connectivity index (χ4n) is 4.34. The maximum atomic E-state index is 13.9. The van der Waals surface area contributed by atoms with Crippen molar-refractivity contribution >= 4 is 21.6 Å². The zero-order chi connectivity index (χ0) is 25.2. The van der Waals surface area contributed by atoms with E-state index in [1.165, 1.54) is 25.3 Å². The number of aromatic nitrogens is 2. The van der Waals surface area contributed by atoms with E-state index in [1.807, 2.05) is 0 Å². The van der Waals surface area contributed by atoms with Crippen LogP contribution in [0.25, 0.3) is 22.6 Å². The summed E-state index contributed by atoms with van der Waals surface area (Å²) in [7, 11) is -2.35. The van der Waals surface area contributed by atoms with Crippen LogP contribution in [-0.4, -0.2) is 37.6 Å². The maximum Gasteiger partial charge on any atom is 0.338 e. The summed E-state index contributed by atoms with van der Waals surface area (Å²) in [6.07, 6.45) is 0. The fourth-order valence-corrected chi connectivity index (χ4v) is 5.92. The summed E-state index contributed by atoms with van der Waals surface area (Å²) in [5, 5.41) is 7.78. The molecule has 0 radical (unpaired) electrons. The van der Waals surface area contributed by atoms with Crippen molar-refractivity contribution in [2.24, 2.45) is 0 Å². The number of aryl methyl sites for hydroxylation is 2. The summed E-state index contributed by atoms with van der Waals surface area (Å²) in [5.74, 6) is -0.422. The molecule has 1 aliphatic rings. The number of hydrogen-bond acceptors (Lipinski definition) is 9. The highest BCUT2D eigenvalue weighted by Crippen LogP contribution is 2.50. The highest BCUT2D eigenvalue weighted by molar-refractivity contribution is 7.97. The van der Waals surface area contributed by atoms with Crippen molar-refractivity contribution in [2.75, 3.05) is 7.11 Å². The minimum absolute atomic E-state index is 0.0791. The van der Waals surface area contributed by atoms with E-state index in [1.54, 1.807) is 39.8 Å². The fraction of sp³-hybridized carbons (Fsp3) is 0.200. The molecule has 0 bridgehead atoms. The SMILES string of the molecule is COC(=O)c1ccc(C(=O)c2cc3c(c(-c4cc(C)no4)c2C)S3(=O)=O)c(-c2cc(C)no2)c1C. The van der Waals surface area contributed by atoms with Gasteiger partial charge in [0.2, 0.25) is 9.84 Å². The standard InChI is InChI=1S/C25H20N2O7S/c1-11-8-18(33-26-11)21-13(3)15(25(29)32-5)6-7-16(21)23(28)17-10-20-24(35(20,30)31)22(14(17)4)19-9-12(2)27-34-19/h6-10H,1-5H3. The van der Waals surface area contributed by atoms with Crippen molar-refractivity contribution in [1.82, 2.24) is 10.3 Å². The third-order valence-electron chi connectivity index (χ3n) is 6.13. The van der Waals surface area contributed by atoms with Gasteiger partial charge in [0.05, 0.1) is 29.0 Å². The van der Waals surface area contributed by atoms with Gasteiger partial charge in [-0.25, -0.2) is 13.2 Å². The molecule has 9 nitrogen and oxygen atoms in total. The number of carbonyl (C=O) groups excluding carboxylic acids is 2.